The molecule has 0 unspecified atom stereocenters. The summed E-state index contributed by atoms with van der Waals surface area (Å²) >= 11 is 2.12. The molecular weight excluding hydrogens is 375 g/mol. The zero-order valence-corrected chi connectivity index (χ0v) is 13.2. The van der Waals surface area contributed by atoms with Gasteiger partial charge in [0.25, 0.3) is 10.0 Å². The minimum atomic E-state index is -3.57. The number of benzene rings is 2. The van der Waals surface area contributed by atoms with E-state index in [0.717, 1.165) is 9.13 Å². The Bertz CT molecular complexity index is 697. The number of nitrogens with two attached hydrogens (primary N) is 1. The maximum atomic E-state index is 12.2. The molecule has 0 atom stereocenters. The standard InChI is InChI=1S/C13H13IN2O2S/c1-9-2-5-11(8-13(9)15)16-19(17,18)12-6-3-10(14)4-7-12/h2-8,16H,15H2,1H3. The fourth-order valence-corrected chi connectivity index (χ4v) is 2.94. The van der Waals surface area contributed by atoms with Crippen LogP contribution in [0.2, 0.25) is 0 Å². The number of rotatable bonds is 3. The summed E-state index contributed by atoms with van der Waals surface area (Å²) in [5, 5.41) is 0. The van der Waals surface area contributed by atoms with E-state index in [0.29, 0.717) is 11.4 Å². The van der Waals surface area contributed by atoms with Gasteiger partial charge in [0.05, 0.1) is 10.6 Å². The first-order valence-corrected chi connectivity index (χ1v) is 8.09. The molecule has 4 nitrogen and oxygen atoms in total. The van der Waals surface area contributed by atoms with E-state index in [-0.39, 0.29) is 4.90 Å². The molecule has 0 heterocycles. The number of hydrogen-bond acceptors (Lipinski definition) is 3. The maximum Gasteiger partial charge on any atom is 0.261 e. The van der Waals surface area contributed by atoms with E-state index in [1.54, 1.807) is 42.5 Å². The average Bonchev–Trinajstić information content (AvgIpc) is 2.34. The van der Waals surface area contributed by atoms with Crippen molar-refractivity contribution in [3.63, 3.8) is 0 Å². The summed E-state index contributed by atoms with van der Waals surface area (Å²) in [4.78, 5) is 0.229. The lowest BCUT2D eigenvalue weighted by molar-refractivity contribution is 0.601. The lowest BCUT2D eigenvalue weighted by Crippen LogP contribution is -2.13. The van der Waals surface area contributed by atoms with Crippen LogP contribution in [0.5, 0.6) is 0 Å². The van der Waals surface area contributed by atoms with Gasteiger partial charge < -0.3 is 5.73 Å². The van der Waals surface area contributed by atoms with E-state index in [4.69, 9.17) is 5.73 Å². The molecular formula is C13H13IN2O2S. The zero-order chi connectivity index (χ0) is 14.0. The van der Waals surface area contributed by atoms with Crippen LogP contribution in [0.4, 0.5) is 11.4 Å². The van der Waals surface area contributed by atoms with Gasteiger partial charge in [0.15, 0.2) is 0 Å². The summed E-state index contributed by atoms with van der Waals surface area (Å²) in [6, 6.07) is 11.7. The van der Waals surface area contributed by atoms with Crippen LogP contribution in [-0.2, 0) is 10.0 Å². The number of sulfonamides is 1. The van der Waals surface area contributed by atoms with Gasteiger partial charge in [0.2, 0.25) is 0 Å². The Kier molecular flexibility index (Phi) is 4.00. The van der Waals surface area contributed by atoms with E-state index < -0.39 is 10.0 Å². The first kappa shape index (κ1) is 14.1. The molecule has 0 aromatic heterocycles. The second-order valence-electron chi connectivity index (χ2n) is 4.13. The number of nitrogen functional groups attached to an aromatic ring is 1. The summed E-state index contributed by atoms with van der Waals surface area (Å²) < 4.78 is 27.8. The van der Waals surface area contributed by atoms with Gasteiger partial charge in [-0.1, -0.05) is 6.07 Å². The van der Waals surface area contributed by atoms with Gasteiger partial charge >= 0.3 is 0 Å². The second-order valence-corrected chi connectivity index (χ2v) is 7.06. The molecule has 100 valence electrons. The Morgan fingerprint density at radius 1 is 1.11 bits per heavy atom. The first-order valence-electron chi connectivity index (χ1n) is 5.53. The van der Waals surface area contributed by atoms with Crippen LogP contribution >= 0.6 is 22.6 Å². The number of halogens is 1. The molecule has 0 saturated heterocycles. The molecule has 6 heteroatoms. The molecule has 0 radical (unpaired) electrons. The van der Waals surface area contributed by atoms with Gasteiger partial charge in [-0.15, -0.1) is 0 Å². The summed E-state index contributed by atoms with van der Waals surface area (Å²) in [7, 11) is -3.57. The van der Waals surface area contributed by atoms with Crippen molar-refractivity contribution in [1.82, 2.24) is 0 Å². The van der Waals surface area contributed by atoms with Crippen molar-refractivity contribution in [2.24, 2.45) is 0 Å². The van der Waals surface area contributed by atoms with Crippen LogP contribution in [-0.4, -0.2) is 8.42 Å². The normalized spacial score (nSPS) is 11.3. The van der Waals surface area contributed by atoms with Gasteiger partial charge in [-0.25, -0.2) is 8.42 Å². The molecule has 3 N–H and O–H groups in total. The van der Waals surface area contributed by atoms with Crippen LogP contribution in [0.3, 0.4) is 0 Å². The largest absolute Gasteiger partial charge is 0.398 e. The summed E-state index contributed by atoms with van der Waals surface area (Å²) in [5.74, 6) is 0. The van der Waals surface area contributed by atoms with Gasteiger partial charge in [-0.05, 0) is 71.5 Å². The fourth-order valence-electron chi connectivity index (χ4n) is 1.53. The lowest BCUT2D eigenvalue weighted by atomic mass is 10.2. The molecule has 0 saturated carbocycles. The van der Waals surface area contributed by atoms with Crippen LogP contribution in [0, 0.1) is 10.5 Å². The summed E-state index contributed by atoms with van der Waals surface area (Å²) in [6.45, 7) is 1.87. The van der Waals surface area contributed by atoms with Crippen molar-refractivity contribution < 1.29 is 8.42 Å². The predicted molar refractivity (Wildman–Crippen MR) is 85.6 cm³/mol. The molecule has 0 aliphatic carbocycles. The molecule has 0 fully saturated rings. The van der Waals surface area contributed by atoms with Crippen LogP contribution in [0.15, 0.2) is 47.4 Å². The van der Waals surface area contributed by atoms with Crippen molar-refractivity contribution in [2.75, 3.05) is 10.5 Å². The van der Waals surface area contributed by atoms with Gasteiger partial charge in [0.1, 0.15) is 0 Å². The van der Waals surface area contributed by atoms with E-state index in [1.165, 1.54) is 0 Å². The third-order valence-electron chi connectivity index (χ3n) is 2.66. The van der Waals surface area contributed by atoms with Gasteiger partial charge in [0, 0.05) is 9.26 Å². The maximum absolute atomic E-state index is 12.2. The topological polar surface area (TPSA) is 72.2 Å². The molecule has 0 spiro atoms. The minimum Gasteiger partial charge on any atom is -0.398 e. The molecule has 19 heavy (non-hydrogen) atoms. The highest BCUT2D eigenvalue weighted by Gasteiger charge is 2.14. The molecule has 2 rings (SSSR count). The highest BCUT2D eigenvalue weighted by atomic mass is 127. The highest BCUT2D eigenvalue weighted by molar-refractivity contribution is 14.1. The van der Waals surface area contributed by atoms with Crippen LogP contribution < -0.4 is 10.5 Å². The summed E-state index contributed by atoms with van der Waals surface area (Å²) in [6.07, 6.45) is 0. The van der Waals surface area contributed by atoms with Crippen LogP contribution in [0.25, 0.3) is 0 Å². The highest BCUT2D eigenvalue weighted by Crippen LogP contribution is 2.21. The molecule has 2 aromatic carbocycles. The van der Waals surface area contributed by atoms with Crippen molar-refractivity contribution in [1.29, 1.82) is 0 Å². The average molecular weight is 388 g/mol. The third kappa shape index (κ3) is 3.38. The molecule has 0 amide bonds. The van der Waals surface area contributed by atoms with Crippen LogP contribution in [0.1, 0.15) is 5.56 Å². The fraction of sp³-hybridized carbons (Fsp3) is 0.0769. The smallest absolute Gasteiger partial charge is 0.261 e. The quantitative estimate of drug-likeness (QED) is 0.627. The number of nitrogens with one attached hydrogen (secondary N) is 1. The van der Waals surface area contributed by atoms with E-state index in [1.807, 2.05) is 6.92 Å². The summed E-state index contributed by atoms with van der Waals surface area (Å²) in [5.41, 5.74) is 7.69. The Labute approximate surface area is 126 Å². The Morgan fingerprint density at radius 3 is 2.32 bits per heavy atom. The Balaban J connectivity index is 2.30. The monoisotopic (exact) mass is 388 g/mol. The second kappa shape index (κ2) is 5.38. The van der Waals surface area contributed by atoms with Crippen molar-refractivity contribution in [3.05, 3.63) is 51.6 Å². The van der Waals surface area contributed by atoms with Crippen molar-refractivity contribution in [2.45, 2.75) is 11.8 Å². The zero-order valence-electron chi connectivity index (χ0n) is 10.2. The third-order valence-corrected chi connectivity index (χ3v) is 4.77. The number of hydrogen-bond donors (Lipinski definition) is 2. The van der Waals surface area contributed by atoms with E-state index in [2.05, 4.69) is 27.3 Å². The minimum absolute atomic E-state index is 0.229. The molecule has 2 aromatic rings. The molecule has 0 aliphatic rings. The molecule has 0 aliphatic heterocycles. The van der Waals surface area contributed by atoms with E-state index in [9.17, 15) is 8.42 Å². The lowest BCUT2D eigenvalue weighted by Gasteiger charge is -2.09. The SMILES string of the molecule is Cc1ccc(NS(=O)(=O)c2ccc(I)cc2)cc1N. The van der Waals surface area contributed by atoms with Gasteiger partial charge in [-0.2, -0.15) is 0 Å². The predicted octanol–water partition coefficient (Wildman–Crippen LogP) is 2.98. The van der Waals surface area contributed by atoms with E-state index >= 15 is 0 Å². The number of anilines is 2. The number of aryl methyl sites for hydroxylation is 1. The van der Waals surface area contributed by atoms with Gasteiger partial charge in [-0.3, -0.25) is 4.72 Å². The van der Waals surface area contributed by atoms with Crippen molar-refractivity contribution in [3.8, 4) is 0 Å². The van der Waals surface area contributed by atoms with Crippen molar-refractivity contribution >= 4 is 44.0 Å². The Hall–Kier alpha value is -1.28. The Morgan fingerprint density at radius 2 is 1.74 bits per heavy atom. The first-order chi connectivity index (χ1) is 8.88. The molecule has 0 bridgehead atoms.